The molecule has 3 atom stereocenters. The van der Waals surface area contributed by atoms with Crippen LogP contribution in [0.15, 0.2) is 48.5 Å². The second-order valence-corrected chi connectivity index (χ2v) is 8.32. The Labute approximate surface area is 192 Å². The average molecular weight is 453 g/mol. The Morgan fingerprint density at radius 1 is 1.12 bits per heavy atom. The largest absolute Gasteiger partial charge is 0.480 e. The molecule has 0 spiro atoms. The number of rotatable bonds is 6. The van der Waals surface area contributed by atoms with Gasteiger partial charge in [-0.15, -0.1) is 0 Å². The molecule has 2 unspecified atom stereocenters. The molecule has 33 heavy (non-hydrogen) atoms. The Morgan fingerprint density at radius 2 is 1.73 bits per heavy atom. The van der Waals surface area contributed by atoms with Crippen LogP contribution in [0.3, 0.4) is 0 Å². The van der Waals surface area contributed by atoms with Crippen molar-refractivity contribution < 1.29 is 29.0 Å². The first kappa shape index (κ1) is 22.8. The molecule has 1 aliphatic heterocycles. The molecule has 4 rings (SSSR count). The maximum absolute atomic E-state index is 13.0. The Bertz CT molecular complexity index is 1010. The van der Waals surface area contributed by atoms with Crippen LogP contribution in [0.4, 0.5) is 4.79 Å². The summed E-state index contributed by atoms with van der Waals surface area (Å²) in [5, 5.41) is 12.2. The number of alkyl carbamates (subject to hydrolysis) is 1. The Kier molecular flexibility index (Phi) is 6.65. The van der Waals surface area contributed by atoms with Crippen LogP contribution in [0.2, 0.25) is 0 Å². The van der Waals surface area contributed by atoms with E-state index in [0.717, 1.165) is 22.3 Å². The lowest BCUT2D eigenvalue weighted by atomic mass is 9.98. The number of fused-ring (bicyclic) bond motifs is 3. The van der Waals surface area contributed by atoms with E-state index < -0.39 is 36.2 Å². The van der Waals surface area contributed by atoms with E-state index in [-0.39, 0.29) is 25.7 Å². The second-order valence-electron chi connectivity index (χ2n) is 8.32. The zero-order valence-corrected chi connectivity index (χ0v) is 18.7. The van der Waals surface area contributed by atoms with Crippen molar-refractivity contribution in [1.82, 2.24) is 10.2 Å². The summed E-state index contributed by atoms with van der Waals surface area (Å²) >= 11 is 0. The summed E-state index contributed by atoms with van der Waals surface area (Å²) in [4.78, 5) is 38.6. The quantitative estimate of drug-likeness (QED) is 0.698. The lowest BCUT2D eigenvalue weighted by Gasteiger charge is -2.38. The van der Waals surface area contributed by atoms with Gasteiger partial charge in [0, 0.05) is 12.5 Å². The van der Waals surface area contributed by atoms with Gasteiger partial charge in [0.2, 0.25) is 5.91 Å². The zero-order chi connectivity index (χ0) is 23.5. The number of morpholine rings is 1. The third kappa shape index (κ3) is 4.43. The number of carboxylic acid groups (broad SMARTS) is 1. The number of benzene rings is 2. The first-order valence-electron chi connectivity index (χ1n) is 11.2. The number of aliphatic carboxylic acids is 1. The van der Waals surface area contributed by atoms with Gasteiger partial charge in [0.15, 0.2) is 6.04 Å². The molecule has 2 amide bonds. The number of carbonyl (C=O) groups is 3. The second kappa shape index (κ2) is 9.62. The normalized spacial score (nSPS) is 20.5. The zero-order valence-electron chi connectivity index (χ0n) is 18.7. The summed E-state index contributed by atoms with van der Waals surface area (Å²) in [6.45, 7) is 3.92. The van der Waals surface area contributed by atoms with Gasteiger partial charge in [-0.3, -0.25) is 4.79 Å². The van der Waals surface area contributed by atoms with Crippen molar-refractivity contribution in [1.29, 1.82) is 0 Å². The van der Waals surface area contributed by atoms with Crippen molar-refractivity contribution in [2.75, 3.05) is 19.8 Å². The van der Waals surface area contributed by atoms with Crippen LogP contribution >= 0.6 is 0 Å². The van der Waals surface area contributed by atoms with Crippen molar-refractivity contribution >= 4 is 18.0 Å². The average Bonchev–Trinajstić information content (AvgIpc) is 3.14. The number of carbonyl (C=O) groups excluding carboxylic acids is 2. The number of nitrogens with one attached hydrogen (secondary N) is 1. The molecular weight excluding hydrogens is 424 g/mol. The van der Waals surface area contributed by atoms with Crippen LogP contribution < -0.4 is 5.32 Å². The maximum Gasteiger partial charge on any atom is 0.407 e. The molecule has 174 valence electrons. The first-order chi connectivity index (χ1) is 15.9. The number of nitrogens with zero attached hydrogens (tertiary/aromatic N) is 1. The topological polar surface area (TPSA) is 105 Å². The van der Waals surface area contributed by atoms with Gasteiger partial charge < -0.3 is 24.8 Å². The Morgan fingerprint density at radius 3 is 2.30 bits per heavy atom. The minimum Gasteiger partial charge on any atom is -0.480 e. The Hall–Kier alpha value is -3.39. The third-order valence-corrected chi connectivity index (χ3v) is 6.37. The van der Waals surface area contributed by atoms with Gasteiger partial charge in [-0.2, -0.15) is 0 Å². The monoisotopic (exact) mass is 452 g/mol. The molecule has 2 N–H and O–H groups in total. The molecule has 1 heterocycles. The predicted octanol–water partition coefficient (Wildman–Crippen LogP) is 3.00. The number of hydrogen-bond acceptors (Lipinski definition) is 5. The summed E-state index contributed by atoms with van der Waals surface area (Å²) in [7, 11) is 0. The number of hydrogen-bond donors (Lipinski definition) is 2. The van der Waals surface area contributed by atoms with E-state index in [1.54, 1.807) is 13.8 Å². The molecule has 8 nitrogen and oxygen atoms in total. The van der Waals surface area contributed by atoms with Gasteiger partial charge in [-0.25, -0.2) is 9.59 Å². The Balaban J connectivity index is 1.42. The molecule has 2 aliphatic rings. The summed E-state index contributed by atoms with van der Waals surface area (Å²) in [6, 6.07) is 14.1. The van der Waals surface area contributed by atoms with E-state index >= 15 is 0 Å². The third-order valence-electron chi connectivity index (χ3n) is 6.37. The van der Waals surface area contributed by atoms with E-state index in [1.807, 2.05) is 36.4 Å². The molecule has 0 radical (unpaired) electrons. The number of ether oxygens (including phenoxy) is 2. The fraction of sp³-hybridized carbons (Fsp3) is 0.400. The van der Waals surface area contributed by atoms with Crippen LogP contribution in [0.1, 0.15) is 37.3 Å². The molecule has 0 bridgehead atoms. The highest BCUT2D eigenvalue weighted by atomic mass is 16.5. The predicted molar refractivity (Wildman–Crippen MR) is 121 cm³/mol. The highest BCUT2D eigenvalue weighted by molar-refractivity contribution is 5.89. The minimum atomic E-state index is -1.13. The lowest BCUT2D eigenvalue weighted by molar-refractivity contribution is -0.165. The summed E-state index contributed by atoms with van der Waals surface area (Å²) < 4.78 is 10.9. The minimum absolute atomic E-state index is 0.0876. The molecular formula is C25H28N2O6. The molecule has 1 fully saturated rings. The van der Waals surface area contributed by atoms with Gasteiger partial charge in [0.1, 0.15) is 12.6 Å². The van der Waals surface area contributed by atoms with Crippen molar-refractivity contribution in [2.45, 2.75) is 44.4 Å². The van der Waals surface area contributed by atoms with Gasteiger partial charge in [-0.1, -0.05) is 55.5 Å². The van der Waals surface area contributed by atoms with E-state index in [0.29, 0.717) is 6.42 Å². The van der Waals surface area contributed by atoms with Crippen LogP contribution in [-0.4, -0.2) is 65.9 Å². The van der Waals surface area contributed by atoms with Gasteiger partial charge >= 0.3 is 12.1 Å². The van der Waals surface area contributed by atoms with Crippen LogP contribution in [0, 0.1) is 0 Å². The molecule has 2 aromatic carbocycles. The van der Waals surface area contributed by atoms with Gasteiger partial charge in [0.05, 0.1) is 12.7 Å². The summed E-state index contributed by atoms with van der Waals surface area (Å²) in [5.41, 5.74) is 4.46. The van der Waals surface area contributed by atoms with Crippen molar-refractivity contribution in [3.05, 3.63) is 59.7 Å². The lowest BCUT2D eigenvalue weighted by Crippen LogP contribution is -2.60. The van der Waals surface area contributed by atoms with Crippen molar-refractivity contribution in [3.63, 3.8) is 0 Å². The van der Waals surface area contributed by atoms with Gasteiger partial charge in [-0.05, 0) is 35.6 Å². The van der Waals surface area contributed by atoms with Crippen LogP contribution in [0.25, 0.3) is 11.1 Å². The van der Waals surface area contributed by atoms with Crippen molar-refractivity contribution in [3.8, 4) is 11.1 Å². The fourth-order valence-electron chi connectivity index (χ4n) is 4.72. The molecule has 8 heteroatoms. The summed E-state index contributed by atoms with van der Waals surface area (Å²) in [5.74, 6) is -1.67. The molecule has 1 saturated heterocycles. The SMILES string of the molecule is CC[C@@H](NC(=O)OCC1c2ccccc2-c2ccccc21)C(=O)N1CCOC(C)C1C(=O)O. The first-order valence-corrected chi connectivity index (χ1v) is 11.2. The molecule has 0 saturated carbocycles. The van der Waals surface area contributed by atoms with E-state index in [2.05, 4.69) is 17.4 Å². The standard InChI is InChI=1S/C25H28N2O6/c1-3-21(23(28)27-12-13-32-15(2)22(27)24(29)30)26-25(31)33-14-20-18-10-6-4-8-16(18)17-9-5-7-11-19(17)20/h4-11,15,20-22H,3,12-14H2,1-2H3,(H,26,31)(H,29,30)/t15?,21-,22?/m1/s1. The molecule has 0 aromatic heterocycles. The number of carboxylic acids is 1. The number of amides is 2. The highest BCUT2D eigenvalue weighted by Crippen LogP contribution is 2.44. The smallest absolute Gasteiger partial charge is 0.407 e. The van der Waals surface area contributed by atoms with Crippen LogP contribution in [-0.2, 0) is 19.1 Å². The highest BCUT2D eigenvalue weighted by Gasteiger charge is 2.40. The summed E-state index contributed by atoms with van der Waals surface area (Å²) in [6.07, 6.45) is -1.03. The molecule has 1 aliphatic carbocycles. The van der Waals surface area contributed by atoms with E-state index in [4.69, 9.17) is 9.47 Å². The fourth-order valence-corrected chi connectivity index (χ4v) is 4.72. The van der Waals surface area contributed by atoms with Crippen molar-refractivity contribution in [2.24, 2.45) is 0 Å². The maximum atomic E-state index is 13.0. The van der Waals surface area contributed by atoms with E-state index in [9.17, 15) is 19.5 Å². The van der Waals surface area contributed by atoms with Gasteiger partial charge in [0.25, 0.3) is 0 Å². The molecule has 2 aromatic rings. The van der Waals surface area contributed by atoms with E-state index in [1.165, 1.54) is 4.90 Å². The van der Waals surface area contributed by atoms with Crippen LogP contribution in [0.5, 0.6) is 0 Å².